The fraction of sp³-hybridized carbons (Fsp3) is 1.00. The normalized spacial score (nSPS) is 22.3. The Balaban J connectivity index is 2.33. The summed E-state index contributed by atoms with van der Waals surface area (Å²) in [5, 5.41) is -1.02. The molecule has 7 heteroatoms. The van der Waals surface area contributed by atoms with Crippen LogP contribution in [0.3, 0.4) is 0 Å². The van der Waals surface area contributed by atoms with E-state index >= 15 is 0 Å². The summed E-state index contributed by atoms with van der Waals surface area (Å²) in [5.41, 5.74) is 0. The molecule has 1 saturated heterocycles. The van der Waals surface area contributed by atoms with E-state index in [4.69, 9.17) is 16.5 Å². The molecule has 1 aliphatic rings. The van der Waals surface area contributed by atoms with Gasteiger partial charge in [0.2, 0.25) is 0 Å². The topological polar surface area (TPSA) is 9.23 Å². The average Bonchev–Trinajstić information content (AvgIpc) is 1.92. The predicted molar refractivity (Wildman–Crippen MR) is 75.2 cm³/mol. The number of rotatable bonds is 2. The molecule has 78 valence electrons. The van der Waals surface area contributed by atoms with Crippen molar-refractivity contribution >= 4 is 59.2 Å². The molecule has 0 radical (unpaired) electrons. The Kier molecular flexibility index (Phi) is 7.22. The molecule has 0 amide bonds. The second kappa shape index (κ2) is 6.93. The van der Waals surface area contributed by atoms with Gasteiger partial charge in [0.15, 0.2) is 0 Å². The summed E-state index contributed by atoms with van der Waals surface area (Å²) in [6.07, 6.45) is 0. The number of ether oxygens (including phenoxy) is 1. The van der Waals surface area contributed by atoms with Crippen molar-refractivity contribution in [2.24, 2.45) is 0 Å². The van der Waals surface area contributed by atoms with Crippen molar-refractivity contribution in [2.75, 3.05) is 38.0 Å². The Hall–Kier alpha value is 2.48. The fourth-order valence-electron chi connectivity index (χ4n) is 0.688. The van der Waals surface area contributed by atoms with Gasteiger partial charge in [0.1, 0.15) is 0 Å². The summed E-state index contributed by atoms with van der Waals surface area (Å²) in [4.78, 5) is 0. The molecule has 0 aromatic carbocycles. The molecule has 0 bridgehead atoms. The van der Waals surface area contributed by atoms with Crippen LogP contribution < -0.4 is 0 Å². The van der Waals surface area contributed by atoms with Gasteiger partial charge < -0.3 is 0 Å². The van der Waals surface area contributed by atoms with E-state index in [1.807, 2.05) is 0 Å². The van der Waals surface area contributed by atoms with Crippen LogP contribution >= 0.6 is 31.4 Å². The van der Waals surface area contributed by atoms with E-state index in [9.17, 15) is 0 Å². The summed E-state index contributed by atoms with van der Waals surface area (Å²) in [6.45, 7) is 6.41. The summed E-state index contributed by atoms with van der Waals surface area (Å²) >= 11 is 4.36. The van der Waals surface area contributed by atoms with E-state index in [-0.39, 0.29) is 0 Å². The third-order valence-electron chi connectivity index (χ3n) is 1.11. The molecule has 0 spiro atoms. The van der Waals surface area contributed by atoms with Gasteiger partial charge in [-0.2, -0.15) is 0 Å². The molecule has 0 aromatic rings. The predicted octanol–water partition coefficient (Wildman–Crippen LogP) is 2.86. The van der Waals surface area contributed by atoms with Crippen LogP contribution in [0.4, 0.5) is 0 Å². The molecule has 13 heavy (non-hydrogen) atoms. The van der Waals surface area contributed by atoms with Crippen molar-refractivity contribution in [3.8, 4) is 0 Å². The molecule has 0 N–H and O–H groups in total. The van der Waals surface area contributed by atoms with Crippen LogP contribution in [0.1, 0.15) is 0 Å². The molecular formula is C6H14OPS4Sb. The molecule has 0 aliphatic carbocycles. The van der Waals surface area contributed by atoms with Gasteiger partial charge in [0.25, 0.3) is 0 Å². The van der Waals surface area contributed by atoms with Gasteiger partial charge in [0, 0.05) is 0 Å². The average molecular weight is 383 g/mol. The van der Waals surface area contributed by atoms with Crippen LogP contribution in [-0.2, 0) is 16.5 Å². The molecule has 0 aromatic heterocycles. The van der Waals surface area contributed by atoms with Crippen LogP contribution in [0.2, 0.25) is 0 Å². The molecule has 0 unspecified atom stereocenters. The van der Waals surface area contributed by atoms with E-state index < -0.39 is 21.2 Å². The van der Waals surface area contributed by atoms with Crippen molar-refractivity contribution in [1.82, 2.24) is 0 Å². The van der Waals surface area contributed by atoms with E-state index in [1.54, 1.807) is 0 Å². The Labute approximate surface area is 101 Å². The first-order chi connectivity index (χ1) is 6.08. The zero-order valence-corrected chi connectivity index (χ0v) is 14.5. The Morgan fingerprint density at radius 2 is 1.85 bits per heavy atom. The maximum absolute atomic E-state index is 5.51. The first-order valence-corrected chi connectivity index (χ1v) is 20.3. The van der Waals surface area contributed by atoms with Gasteiger partial charge in [-0.1, -0.05) is 0 Å². The summed E-state index contributed by atoms with van der Waals surface area (Å²) in [5.74, 6) is 2.39. The molecule has 1 rings (SSSR count). The fourth-order valence-corrected chi connectivity index (χ4v) is 60.7. The standard InChI is InChI=1S/C4H10OS2.C2H7PS2.Sb/c6-3-1-5-2-4-7;1-3(2,4)5;/h6-7H,1-4H2;1-2H3,(H,4,5);/q;;+3/p-3. The minimum atomic E-state index is -1.14. The second-order valence-electron chi connectivity index (χ2n) is 2.84. The van der Waals surface area contributed by atoms with Crippen LogP contribution in [0.15, 0.2) is 0 Å². The molecule has 1 aliphatic heterocycles. The van der Waals surface area contributed by atoms with Gasteiger partial charge in [-0.15, -0.1) is 0 Å². The minimum absolute atomic E-state index is 0.947. The van der Waals surface area contributed by atoms with Crippen LogP contribution in [0, 0.1) is 0 Å². The summed E-state index contributed by atoms with van der Waals surface area (Å²) in [7, 11) is 6.52. The van der Waals surface area contributed by atoms with E-state index in [1.165, 1.54) is 11.5 Å². The number of hydrogen-bond acceptors (Lipinski definition) is 5. The van der Waals surface area contributed by atoms with Gasteiger partial charge in [0.05, 0.1) is 0 Å². The molecular weight excluding hydrogens is 369 g/mol. The van der Waals surface area contributed by atoms with Crippen LogP contribution in [-0.4, -0.2) is 54.1 Å². The summed E-state index contributed by atoms with van der Waals surface area (Å²) < 4.78 is 5.41. The second-order valence-corrected chi connectivity index (χ2v) is 35.4. The van der Waals surface area contributed by atoms with E-state index in [2.05, 4.69) is 39.5 Å². The van der Waals surface area contributed by atoms with E-state index in [0.29, 0.717) is 0 Å². The molecule has 1 heterocycles. The van der Waals surface area contributed by atoms with E-state index in [0.717, 1.165) is 13.2 Å². The molecule has 0 atom stereocenters. The first kappa shape index (κ1) is 13.5. The molecule has 1 fully saturated rings. The van der Waals surface area contributed by atoms with Gasteiger partial charge in [-0.25, -0.2) is 0 Å². The zero-order valence-electron chi connectivity index (χ0n) is 7.76. The quantitative estimate of drug-likeness (QED) is 0.534. The maximum atomic E-state index is 5.51. The molecule has 1 nitrogen and oxygen atoms in total. The van der Waals surface area contributed by atoms with Crippen molar-refractivity contribution < 1.29 is 4.74 Å². The van der Waals surface area contributed by atoms with Crippen molar-refractivity contribution in [2.45, 2.75) is 0 Å². The monoisotopic (exact) mass is 382 g/mol. The molecule has 0 saturated carbocycles. The Bertz CT molecular complexity index is 189. The van der Waals surface area contributed by atoms with Crippen LogP contribution in [0.5, 0.6) is 0 Å². The Morgan fingerprint density at radius 1 is 1.31 bits per heavy atom. The first-order valence-electron chi connectivity index (χ1n) is 3.96. The Morgan fingerprint density at radius 3 is 2.31 bits per heavy atom. The summed E-state index contributed by atoms with van der Waals surface area (Å²) in [6, 6.07) is 0. The van der Waals surface area contributed by atoms with Gasteiger partial charge in [-0.05, 0) is 0 Å². The number of hydrogen-bond donors (Lipinski definition) is 0. The van der Waals surface area contributed by atoms with Crippen molar-refractivity contribution in [1.29, 1.82) is 0 Å². The van der Waals surface area contributed by atoms with Crippen LogP contribution in [0.25, 0.3) is 0 Å². The van der Waals surface area contributed by atoms with Crippen molar-refractivity contribution in [3.05, 3.63) is 0 Å². The van der Waals surface area contributed by atoms with Gasteiger partial charge in [-0.3, -0.25) is 0 Å². The van der Waals surface area contributed by atoms with Gasteiger partial charge >= 0.3 is 102 Å². The third-order valence-corrected chi connectivity index (χ3v) is 45.2. The zero-order chi connectivity index (χ0) is 9.73. The third kappa shape index (κ3) is 7.38. The SMILES string of the molecule is CP(C)(=S)[S][Sb]1[S]CCOCC[S]1. The van der Waals surface area contributed by atoms with Crippen molar-refractivity contribution in [3.63, 3.8) is 0 Å².